The molecule has 0 aliphatic carbocycles. The zero-order chi connectivity index (χ0) is 19.7. The van der Waals surface area contributed by atoms with Crippen molar-refractivity contribution in [1.82, 2.24) is 9.47 Å². The minimum absolute atomic E-state index is 0.0505. The minimum atomic E-state index is -0.0505. The molecule has 1 fully saturated rings. The number of aryl methyl sites for hydroxylation is 1. The maximum atomic E-state index is 12.7. The Morgan fingerprint density at radius 1 is 1.18 bits per heavy atom. The number of nitrogens with zero attached hydrogens (tertiary/aromatic N) is 2. The molecule has 0 bridgehead atoms. The Labute approximate surface area is 174 Å². The number of carbonyl (C=O) groups excluding carboxylic acids is 1. The molecule has 0 radical (unpaired) electrons. The van der Waals surface area contributed by atoms with E-state index in [1.807, 2.05) is 18.2 Å². The summed E-state index contributed by atoms with van der Waals surface area (Å²) in [7, 11) is 0. The van der Waals surface area contributed by atoms with E-state index in [4.69, 9.17) is 12.2 Å². The lowest BCUT2D eigenvalue weighted by atomic mass is 10.1. The van der Waals surface area contributed by atoms with Crippen molar-refractivity contribution in [2.24, 2.45) is 0 Å². The third-order valence-corrected chi connectivity index (χ3v) is 6.10. The largest absolute Gasteiger partial charge is 0.342 e. The summed E-state index contributed by atoms with van der Waals surface area (Å²) in [5, 5.41) is 1.13. The van der Waals surface area contributed by atoms with E-state index >= 15 is 0 Å². The van der Waals surface area contributed by atoms with Crippen molar-refractivity contribution in [3.8, 4) is 0 Å². The fourth-order valence-electron chi connectivity index (χ4n) is 3.46. The van der Waals surface area contributed by atoms with Crippen LogP contribution in [0.2, 0.25) is 0 Å². The van der Waals surface area contributed by atoms with Crippen molar-refractivity contribution in [2.75, 3.05) is 6.54 Å². The van der Waals surface area contributed by atoms with Crippen LogP contribution >= 0.6 is 24.0 Å². The predicted octanol–water partition coefficient (Wildman–Crippen LogP) is 5.39. The summed E-state index contributed by atoms with van der Waals surface area (Å²) in [5.41, 5.74) is 4.68. The minimum Gasteiger partial charge on any atom is -0.342 e. The fraction of sp³-hybridized carbons (Fsp3) is 0.130. The van der Waals surface area contributed by atoms with Gasteiger partial charge in [-0.2, -0.15) is 0 Å². The second-order valence-corrected chi connectivity index (χ2v) is 8.48. The Kier molecular flexibility index (Phi) is 5.20. The number of rotatable bonds is 5. The molecule has 1 aliphatic rings. The molecule has 3 aromatic rings. The summed E-state index contributed by atoms with van der Waals surface area (Å²) in [4.78, 5) is 14.9. The zero-order valence-corrected chi connectivity index (χ0v) is 17.2. The van der Waals surface area contributed by atoms with Crippen LogP contribution < -0.4 is 0 Å². The first-order chi connectivity index (χ1) is 13.6. The molecule has 0 atom stereocenters. The molecular formula is C23H20N2OS2. The van der Waals surface area contributed by atoms with Crippen LogP contribution in [0.25, 0.3) is 17.0 Å². The van der Waals surface area contributed by atoms with Crippen molar-refractivity contribution in [3.63, 3.8) is 0 Å². The van der Waals surface area contributed by atoms with Gasteiger partial charge in [-0.15, -0.1) is 6.58 Å². The average Bonchev–Trinajstić information content (AvgIpc) is 3.15. The Morgan fingerprint density at radius 2 is 2.00 bits per heavy atom. The smallest absolute Gasteiger partial charge is 0.266 e. The van der Waals surface area contributed by atoms with Crippen LogP contribution in [0.15, 0.2) is 72.3 Å². The van der Waals surface area contributed by atoms with E-state index in [0.29, 0.717) is 15.8 Å². The summed E-state index contributed by atoms with van der Waals surface area (Å²) >= 11 is 6.70. The molecule has 2 aromatic carbocycles. The van der Waals surface area contributed by atoms with Gasteiger partial charge in [0, 0.05) is 35.8 Å². The number of para-hydroxylation sites is 1. The van der Waals surface area contributed by atoms with Gasteiger partial charge in [-0.05, 0) is 24.6 Å². The number of benzene rings is 2. The number of aromatic nitrogens is 1. The van der Waals surface area contributed by atoms with Crippen molar-refractivity contribution in [1.29, 1.82) is 0 Å². The van der Waals surface area contributed by atoms with Crippen LogP contribution in [-0.2, 0) is 11.3 Å². The van der Waals surface area contributed by atoms with Gasteiger partial charge in [0.1, 0.15) is 4.32 Å². The summed E-state index contributed by atoms with van der Waals surface area (Å²) in [6.45, 7) is 7.04. The lowest BCUT2D eigenvalue weighted by Crippen LogP contribution is -2.27. The Bertz CT molecular complexity index is 1130. The summed E-state index contributed by atoms with van der Waals surface area (Å²) in [6.07, 6.45) is 5.77. The van der Waals surface area contributed by atoms with E-state index in [0.717, 1.165) is 23.0 Å². The highest BCUT2D eigenvalue weighted by molar-refractivity contribution is 8.26. The first-order valence-corrected chi connectivity index (χ1v) is 10.3. The predicted molar refractivity (Wildman–Crippen MR) is 122 cm³/mol. The van der Waals surface area contributed by atoms with E-state index in [1.165, 1.54) is 22.9 Å². The molecule has 1 saturated heterocycles. The Morgan fingerprint density at radius 3 is 2.79 bits per heavy atom. The summed E-state index contributed by atoms with van der Waals surface area (Å²) in [5.74, 6) is -0.0505. The van der Waals surface area contributed by atoms with E-state index in [9.17, 15) is 4.79 Å². The van der Waals surface area contributed by atoms with Crippen LogP contribution in [0.4, 0.5) is 0 Å². The average molecular weight is 405 g/mol. The molecule has 0 saturated carbocycles. The van der Waals surface area contributed by atoms with Gasteiger partial charge in [-0.3, -0.25) is 9.69 Å². The topological polar surface area (TPSA) is 25.2 Å². The molecule has 3 nitrogen and oxygen atoms in total. The Balaban J connectivity index is 1.74. The molecule has 0 unspecified atom stereocenters. The molecule has 0 spiro atoms. The van der Waals surface area contributed by atoms with Gasteiger partial charge in [0.15, 0.2) is 0 Å². The van der Waals surface area contributed by atoms with Gasteiger partial charge in [0.2, 0.25) is 0 Å². The molecule has 2 heterocycles. The van der Waals surface area contributed by atoms with Crippen LogP contribution in [0, 0.1) is 6.92 Å². The van der Waals surface area contributed by atoms with Gasteiger partial charge in [-0.1, -0.05) is 78.1 Å². The number of carbonyl (C=O) groups is 1. The number of hydrogen-bond acceptors (Lipinski definition) is 3. The lowest BCUT2D eigenvalue weighted by Gasteiger charge is -2.10. The second-order valence-electron chi connectivity index (χ2n) is 6.80. The van der Waals surface area contributed by atoms with Gasteiger partial charge in [0.25, 0.3) is 5.91 Å². The lowest BCUT2D eigenvalue weighted by molar-refractivity contribution is -0.121. The fourth-order valence-corrected chi connectivity index (χ4v) is 4.72. The molecule has 1 aromatic heterocycles. The van der Waals surface area contributed by atoms with Crippen molar-refractivity contribution >= 4 is 51.2 Å². The zero-order valence-electron chi connectivity index (χ0n) is 15.6. The van der Waals surface area contributed by atoms with Crippen molar-refractivity contribution in [2.45, 2.75) is 13.5 Å². The normalized spacial score (nSPS) is 15.8. The van der Waals surface area contributed by atoms with Crippen LogP contribution in [0.5, 0.6) is 0 Å². The Hall–Kier alpha value is -2.63. The molecule has 28 heavy (non-hydrogen) atoms. The number of thiocarbonyl (C=S) groups is 1. The quantitative estimate of drug-likeness (QED) is 0.324. The van der Waals surface area contributed by atoms with Crippen LogP contribution in [0.1, 0.15) is 16.7 Å². The highest BCUT2D eigenvalue weighted by Crippen LogP contribution is 2.34. The molecular weight excluding hydrogens is 384 g/mol. The summed E-state index contributed by atoms with van der Waals surface area (Å²) in [6, 6.07) is 16.8. The summed E-state index contributed by atoms with van der Waals surface area (Å²) < 4.78 is 2.82. The van der Waals surface area contributed by atoms with Gasteiger partial charge >= 0.3 is 0 Å². The number of hydrogen-bond donors (Lipinski definition) is 0. The molecule has 5 heteroatoms. The van der Waals surface area contributed by atoms with Crippen molar-refractivity contribution in [3.05, 3.63) is 89.0 Å². The molecule has 0 N–H and O–H groups in total. The standard InChI is InChI=1S/C23H20N2OS2/c1-3-11-25-22(26)21(28-23(25)27)13-18-15-24(20-10-5-4-9-19(18)20)14-17-8-6-7-16(2)12-17/h3-10,12-13,15H,1,11,14H2,2H3. The highest BCUT2D eigenvalue weighted by Gasteiger charge is 2.31. The number of fused-ring (bicyclic) bond motifs is 1. The van der Waals surface area contributed by atoms with Crippen molar-refractivity contribution < 1.29 is 4.79 Å². The third-order valence-electron chi connectivity index (χ3n) is 4.73. The van der Waals surface area contributed by atoms with Gasteiger partial charge in [0.05, 0.1) is 4.91 Å². The number of amides is 1. The molecule has 1 amide bonds. The molecule has 140 valence electrons. The molecule has 1 aliphatic heterocycles. The van der Waals surface area contributed by atoms with Gasteiger partial charge < -0.3 is 4.57 Å². The van der Waals surface area contributed by atoms with Gasteiger partial charge in [-0.25, -0.2) is 0 Å². The SMILES string of the molecule is C=CCN1C(=O)C(=Cc2cn(Cc3cccc(C)c3)c3ccccc23)SC1=S. The third kappa shape index (κ3) is 3.55. The van der Waals surface area contributed by atoms with E-state index in [2.05, 4.69) is 60.7 Å². The van der Waals surface area contributed by atoms with E-state index in [-0.39, 0.29) is 5.91 Å². The highest BCUT2D eigenvalue weighted by atomic mass is 32.2. The number of thioether (sulfide) groups is 1. The monoisotopic (exact) mass is 404 g/mol. The van der Waals surface area contributed by atoms with Crippen LogP contribution in [0.3, 0.4) is 0 Å². The molecule has 4 rings (SSSR count). The van der Waals surface area contributed by atoms with E-state index in [1.54, 1.807) is 11.0 Å². The van der Waals surface area contributed by atoms with E-state index < -0.39 is 0 Å². The second kappa shape index (κ2) is 7.78. The maximum absolute atomic E-state index is 12.7. The first kappa shape index (κ1) is 18.7. The first-order valence-electron chi connectivity index (χ1n) is 9.06. The maximum Gasteiger partial charge on any atom is 0.266 e. The van der Waals surface area contributed by atoms with Crippen LogP contribution in [-0.4, -0.2) is 26.2 Å².